The molecule has 0 bridgehead atoms. The Bertz CT molecular complexity index is 934. The second-order valence-electron chi connectivity index (χ2n) is 5.48. The van der Waals surface area contributed by atoms with E-state index in [1.807, 2.05) is 0 Å². The lowest BCUT2D eigenvalue weighted by Gasteiger charge is -2.11. The van der Waals surface area contributed by atoms with Gasteiger partial charge in [0, 0.05) is 11.3 Å². The van der Waals surface area contributed by atoms with Crippen LogP contribution in [0.1, 0.15) is 31.8 Å². The monoisotopic (exact) mass is 362 g/mol. The maximum Gasteiger partial charge on any atom is 0.337 e. The van der Waals surface area contributed by atoms with Gasteiger partial charge in [-0.25, -0.2) is 18.4 Å². The molecule has 0 radical (unpaired) electrons. The van der Waals surface area contributed by atoms with Crippen molar-refractivity contribution < 1.29 is 22.7 Å². The topological polar surface area (TPSA) is 116 Å². The predicted octanol–water partition coefficient (Wildman–Crippen LogP) is 1.99. The van der Waals surface area contributed by atoms with Crippen LogP contribution in [-0.4, -0.2) is 27.4 Å². The molecule has 0 fully saturated rings. The molecule has 2 aromatic rings. The number of nitrogens with two attached hydrogens (primary N) is 1. The van der Waals surface area contributed by atoms with E-state index in [9.17, 15) is 18.0 Å². The molecule has 8 heteroatoms. The van der Waals surface area contributed by atoms with Crippen LogP contribution in [-0.2, 0) is 14.8 Å². The Hall–Kier alpha value is -2.71. The molecule has 0 aromatic heterocycles. The summed E-state index contributed by atoms with van der Waals surface area (Å²) >= 11 is 0. The fraction of sp³-hybridized carbons (Fsp3) is 0.176. The van der Waals surface area contributed by atoms with Crippen molar-refractivity contribution in [2.45, 2.75) is 18.7 Å². The Balaban J connectivity index is 2.30. The zero-order valence-corrected chi connectivity index (χ0v) is 14.8. The molecule has 3 N–H and O–H groups in total. The summed E-state index contributed by atoms with van der Waals surface area (Å²) in [7, 11) is -2.66. The number of esters is 1. The van der Waals surface area contributed by atoms with Crippen LogP contribution in [0.25, 0.3) is 0 Å². The summed E-state index contributed by atoms with van der Waals surface area (Å²) in [5.41, 5.74) is 2.11. The summed E-state index contributed by atoms with van der Waals surface area (Å²) in [4.78, 5) is 23.7. The van der Waals surface area contributed by atoms with E-state index in [0.717, 1.165) is 0 Å². The normalized spacial score (nSPS) is 11.0. The van der Waals surface area contributed by atoms with Crippen molar-refractivity contribution in [2.75, 3.05) is 12.4 Å². The van der Waals surface area contributed by atoms with Crippen molar-refractivity contribution in [2.24, 2.45) is 5.14 Å². The third-order valence-electron chi connectivity index (χ3n) is 3.75. The van der Waals surface area contributed by atoms with Gasteiger partial charge in [-0.1, -0.05) is 0 Å². The minimum absolute atomic E-state index is 0.0845. The van der Waals surface area contributed by atoms with E-state index < -0.39 is 21.9 Å². The van der Waals surface area contributed by atoms with Crippen LogP contribution in [0.3, 0.4) is 0 Å². The van der Waals surface area contributed by atoms with Gasteiger partial charge in [0.25, 0.3) is 5.91 Å². The Labute approximate surface area is 145 Å². The molecule has 1 amide bonds. The maximum absolute atomic E-state index is 12.4. The van der Waals surface area contributed by atoms with Crippen molar-refractivity contribution in [1.82, 2.24) is 0 Å². The Morgan fingerprint density at radius 2 is 1.64 bits per heavy atom. The SMILES string of the molecule is COC(=O)c1ccc(NC(=O)c2cc(C)c(C)c(S(N)(=O)=O)c2)cc1. The molecular formula is C17H18N2O5S. The molecular weight excluding hydrogens is 344 g/mol. The van der Waals surface area contributed by atoms with Gasteiger partial charge in [0.2, 0.25) is 10.0 Å². The number of nitrogens with one attached hydrogen (secondary N) is 1. The van der Waals surface area contributed by atoms with Gasteiger partial charge in [-0.3, -0.25) is 4.79 Å². The van der Waals surface area contributed by atoms with Crippen LogP contribution in [0.5, 0.6) is 0 Å². The number of ether oxygens (including phenoxy) is 1. The summed E-state index contributed by atoms with van der Waals surface area (Å²) in [5, 5.41) is 7.84. The van der Waals surface area contributed by atoms with Gasteiger partial charge >= 0.3 is 5.97 Å². The van der Waals surface area contributed by atoms with Crippen LogP contribution in [0.4, 0.5) is 5.69 Å². The quantitative estimate of drug-likeness (QED) is 0.807. The highest BCUT2D eigenvalue weighted by Crippen LogP contribution is 2.21. The van der Waals surface area contributed by atoms with Crippen LogP contribution < -0.4 is 10.5 Å². The van der Waals surface area contributed by atoms with E-state index in [4.69, 9.17) is 5.14 Å². The lowest BCUT2D eigenvalue weighted by molar-refractivity contribution is 0.0600. The number of primary sulfonamides is 1. The first-order chi connectivity index (χ1) is 11.6. The minimum atomic E-state index is -3.93. The number of rotatable bonds is 4. The van der Waals surface area contributed by atoms with Crippen molar-refractivity contribution in [1.29, 1.82) is 0 Å². The standard InChI is InChI=1S/C17H18N2O5S/c1-10-8-13(9-15(11(10)2)25(18,22)23)16(20)19-14-6-4-12(5-7-14)17(21)24-3/h4-9H,1-3H3,(H,19,20)(H2,18,22,23). The van der Waals surface area contributed by atoms with Crippen LogP contribution >= 0.6 is 0 Å². The van der Waals surface area contributed by atoms with Crippen molar-refractivity contribution in [3.63, 3.8) is 0 Å². The van der Waals surface area contributed by atoms with Gasteiger partial charge in [-0.05, 0) is 61.4 Å². The van der Waals surface area contributed by atoms with Crippen molar-refractivity contribution in [3.8, 4) is 0 Å². The molecule has 132 valence electrons. The Morgan fingerprint density at radius 3 is 2.16 bits per heavy atom. The lowest BCUT2D eigenvalue weighted by atomic mass is 10.1. The molecule has 7 nitrogen and oxygen atoms in total. The highest BCUT2D eigenvalue weighted by molar-refractivity contribution is 7.89. The van der Waals surface area contributed by atoms with E-state index in [0.29, 0.717) is 22.4 Å². The average molecular weight is 362 g/mol. The highest BCUT2D eigenvalue weighted by atomic mass is 32.2. The van der Waals surface area contributed by atoms with E-state index in [1.165, 1.54) is 25.3 Å². The van der Waals surface area contributed by atoms with Gasteiger partial charge in [0.15, 0.2) is 0 Å². The summed E-state index contributed by atoms with van der Waals surface area (Å²) < 4.78 is 27.9. The van der Waals surface area contributed by atoms with Gasteiger partial charge in [-0.15, -0.1) is 0 Å². The predicted molar refractivity (Wildman–Crippen MR) is 93.0 cm³/mol. The number of amides is 1. The van der Waals surface area contributed by atoms with Crippen molar-refractivity contribution >= 4 is 27.6 Å². The van der Waals surface area contributed by atoms with Gasteiger partial charge in [-0.2, -0.15) is 0 Å². The van der Waals surface area contributed by atoms with E-state index >= 15 is 0 Å². The summed E-state index contributed by atoms with van der Waals surface area (Å²) in [6, 6.07) is 8.95. The van der Waals surface area contributed by atoms with Crippen LogP contribution in [0.2, 0.25) is 0 Å². The van der Waals surface area contributed by atoms with E-state index in [-0.39, 0.29) is 10.5 Å². The average Bonchev–Trinajstić information content (AvgIpc) is 2.56. The molecule has 0 saturated heterocycles. The Kier molecular flexibility index (Phi) is 5.24. The lowest BCUT2D eigenvalue weighted by Crippen LogP contribution is -2.18. The largest absolute Gasteiger partial charge is 0.465 e. The molecule has 0 saturated carbocycles. The third kappa shape index (κ3) is 4.23. The molecule has 0 spiro atoms. The maximum atomic E-state index is 12.4. The zero-order chi connectivity index (χ0) is 18.8. The minimum Gasteiger partial charge on any atom is -0.465 e. The second-order valence-corrected chi connectivity index (χ2v) is 7.01. The Morgan fingerprint density at radius 1 is 1.04 bits per heavy atom. The summed E-state index contributed by atoms with van der Waals surface area (Å²) in [6.45, 7) is 3.33. The first-order valence-corrected chi connectivity index (χ1v) is 8.82. The molecule has 0 atom stereocenters. The zero-order valence-electron chi connectivity index (χ0n) is 14.0. The number of hydrogen-bond acceptors (Lipinski definition) is 5. The van der Waals surface area contributed by atoms with Gasteiger partial charge < -0.3 is 10.1 Å². The first kappa shape index (κ1) is 18.6. The molecule has 0 aliphatic heterocycles. The van der Waals surface area contributed by atoms with Crippen molar-refractivity contribution in [3.05, 3.63) is 58.7 Å². The number of sulfonamides is 1. The number of aryl methyl sites for hydroxylation is 1. The van der Waals surface area contributed by atoms with E-state index in [1.54, 1.807) is 32.0 Å². The summed E-state index contributed by atoms with van der Waals surface area (Å²) in [6.07, 6.45) is 0. The fourth-order valence-corrected chi connectivity index (χ4v) is 3.14. The van der Waals surface area contributed by atoms with Crippen LogP contribution in [0, 0.1) is 13.8 Å². The van der Waals surface area contributed by atoms with Gasteiger partial charge in [0.1, 0.15) is 0 Å². The molecule has 25 heavy (non-hydrogen) atoms. The summed E-state index contributed by atoms with van der Waals surface area (Å²) in [5.74, 6) is -0.969. The first-order valence-electron chi connectivity index (χ1n) is 7.27. The molecule has 0 heterocycles. The van der Waals surface area contributed by atoms with E-state index in [2.05, 4.69) is 10.1 Å². The molecule has 2 rings (SSSR count). The molecule has 0 aliphatic carbocycles. The number of methoxy groups -OCH3 is 1. The smallest absolute Gasteiger partial charge is 0.337 e. The third-order valence-corrected chi connectivity index (χ3v) is 4.79. The second kappa shape index (κ2) is 7.04. The molecule has 0 unspecified atom stereocenters. The number of carbonyl (C=O) groups is 2. The number of carbonyl (C=O) groups excluding carboxylic acids is 2. The molecule has 2 aromatic carbocycles. The number of anilines is 1. The fourth-order valence-electron chi connectivity index (χ4n) is 2.26. The van der Waals surface area contributed by atoms with Crippen LogP contribution in [0.15, 0.2) is 41.3 Å². The molecule has 0 aliphatic rings. The van der Waals surface area contributed by atoms with Gasteiger partial charge in [0.05, 0.1) is 17.6 Å². The highest BCUT2D eigenvalue weighted by Gasteiger charge is 2.17. The number of hydrogen-bond donors (Lipinski definition) is 2. The number of benzene rings is 2.